The fourth-order valence-electron chi connectivity index (χ4n) is 5.48. The minimum absolute atomic E-state index is 0.0193. The summed E-state index contributed by atoms with van der Waals surface area (Å²) in [6.07, 6.45) is 2.67. The number of nitrogens with one attached hydrogen (secondary N) is 2. The second kappa shape index (κ2) is 15.9. The van der Waals surface area contributed by atoms with E-state index < -0.39 is 47.8 Å². The first kappa shape index (κ1) is 34.0. The molecule has 1 unspecified atom stereocenters. The van der Waals surface area contributed by atoms with Crippen LogP contribution in [0.1, 0.15) is 68.8 Å². The van der Waals surface area contributed by atoms with Gasteiger partial charge in [-0.15, -0.1) is 0 Å². The maximum atomic E-state index is 13.8. The van der Waals surface area contributed by atoms with Crippen molar-refractivity contribution in [2.45, 2.75) is 71.5 Å². The Morgan fingerprint density at radius 3 is 2.25 bits per heavy atom. The molecule has 4 amide bonds. The number of likely N-dealkylation sites (tertiary alicyclic amines) is 1. The summed E-state index contributed by atoms with van der Waals surface area (Å²) in [5.41, 5.74) is 3.77. The number of urea groups is 1. The van der Waals surface area contributed by atoms with Crippen LogP contribution in [0.4, 0.5) is 4.79 Å². The lowest BCUT2D eigenvalue weighted by atomic mass is 9.95. The van der Waals surface area contributed by atoms with Gasteiger partial charge in [-0.3, -0.25) is 14.8 Å². The van der Waals surface area contributed by atoms with Gasteiger partial charge in [-0.05, 0) is 41.5 Å². The molecule has 12 heteroatoms. The normalized spacial score (nSPS) is 16.8. The second-order valence-electron chi connectivity index (χ2n) is 11.6. The number of carbonyl (C=O) groups is 5. The summed E-state index contributed by atoms with van der Waals surface area (Å²) >= 11 is 0. The molecule has 44 heavy (non-hydrogen) atoms. The number of nitrogens with zero attached hydrogens (tertiary/aromatic N) is 2. The summed E-state index contributed by atoms with van der Waals surface area (Å²) < 4.78 is 0. The molecule has 1 aliphatic rings. The molecule has 0 bridgehead atoms. The Hall–Kier alpha value is -4.45. The summed E-state index contributed by atoms with van der Waals surface area (Å²) in [5.74, 6) is -4.90. The molecule has 0 spiro atoms. The molecule has 3 atom stereocenters. The molecule has 1 saturated heterocycles. The fraction of sp³-hybridized carbons (Fsp3) is 0.469. The number of rotatable bonds is 14. The molecule has 5 N–H and O–H groups in total. The number of unbranched alkanes of at least 4 members (excludes halogenated alkanes) is 2. The van der Waals surface area contributed by atoms with Crippen LogP contribution in [0.3, 0.4) is 0 Å². The van der Waals surface area contributed by atoms with Crippen molar-refractivity contribution in [3.05, 3.63) is 59.7 Å². The van der Waals surface area contributed by atoms with E-state index in [-0.39, 0.29) is 37.4 Å². The molecule has 1 aliphatic heterocycles. The van der Waals surface area contributed by atoms with Crippen LogP contribution < -0.4 is 10.8 Å². The largest absolute Gasteiger partial charge is 0.480 e. The minimum Gasteiger partial charge on any atom is -0.480 e. The zero-order chi connectivity index (χ0) is 32.4. The summed E-state index contributed by atoms with van der Waals surface area (Å²) in [6, 6.07) is 11.6. The van der Waals surface area contributed by atoms with Crippen LogP contribution >= 0.6 is 0 Å². The molecule has 0 aromatic heterocycles. The van der Waals surface area contributed by atoms with Gasteiger partial charge in [0.1, 0.15) is 12.0 Å². The van der Waals surface area contributed by atoms with Gasteiger partial charge in [0.2, 0.25) is 5.91 Å². The zero-order valence-corrected chi connectivity index (χ0v) is 25.4. The number of hydrogen-bond acceptors (Lipinski definition) is 6. The zero-order valence-electron chi connectivity index (χ0n) is 25.4. The highest BCUT2D eigenvalue weighted by Gasteiger charge is 2.42. The number of aliphatic carboxylic acids is 1. The van der Waals surface area contributed by atoms with E-state index >= 15 is 0 Å². The molecule has 0 radical (unpaired) electrons. The lowest BCUT2D eigenvalue weighted by Gasteiger charge is -2.30. The summed E-state index contributed by atoms with van der Waals surface area (Å²) in [6.45, 7) is 6.25. The number of amides is 4. The summed E-state index contributed by atoms with van der Waals surface area (Å²) in [5, 5.41) is 31.3. The number of hydrogen-bond donors (Lipinski definition) is 5. The highest BCUT2D eigenvalue weighted by molar-refractivity contribution is 6.00. The maximum absolute atomic E-state index is 13.8. The van der Waals surface area contributed by atoms with Crippen molar-refractivity contribution in [2.75, 3.05) is 13.1 Å². The van der Waals surface area contributed by atoms with Crippen LogP contribution in [0.15, 0.2) is 48.5 Å². The van der Waals surface area contributed by atoms with Gasteiger partial charge in [-0.1, -0.05) is 76.1 Å². The molecule has 0 saturated carbocycles. The van der Waals surface area contributed by atoms with Crippen LogP contribution in [0.2, 0.25) is 0 Å². The number of hydroxylamine groups is 1. The molecule has 238 valence electrons. The molecule has 1 fully saturated rings. The molecular formula is C32H42N4O8. The Balaban J connectivity index is 1.79. The fourth-order valence-corrected chi connectivity index (χ4v) is 5.48. The maximum Gasteiger partial charge on any atom is 0.336 e. The van der Waals surface area contributed by atoms with E-state index in [1.54, 1.807) is 35.2 Å². The first-order valence-corrected chi connectivity index (χ1v) is 14.9. The first-order chi connectivity index (χ1) is 21.0. The lowest BCUT2D eigenvalue weighted by molar-refractivity contribution is -0.143. The average molecular weight is 611 g/mol. The van der Waals surface area contributed by atoms with Crippen molar-refractivity contribution in [3.8, 4) is 11.1 Å². The molecule has 2 aromatic carbocycles. The molecule has 0 aliphatic carbocycles. The Morgan fingerprint density at radius 1 is 0.977 bits per heavy atom. The monoisotopic (exact) mass is 610 g/mol. The third kappa shape index (κ3) is 8.79. The predicted molar refractivity (Wildman–Crippen MR) is 162 cm³/mol. The van der Waals surface area contributed by atoms with Crippen molar-refractivity contribution in [2.24, 2.45) is 11.8 Å². The first-order valence-electron chi connectivity index (χ1n) is 14.9. The van der Waals surface area contributed by atoms with E-state index in [1.165, 1.54) is 16.4 Å². The smallest absolute Gasteiger partial charge is 0.336 e. The molecule has 3 rings (SSSR count). The summed E-state index contributed by atoms with van der Waals surface area (Å²) in [4.78, 5) is 65.6. The van der Waals surface area contributed by atoms with Gasteiger partial charge in [0, 0.05) is 32.1 Å². The van der Waals surface area contributed by atoms with Crippen molar-refractivity contribution < 1.29 is 39.4 Å². The van der Waals surface area contributed by atoms with Crippen molar-refractivity contribution >= 4 is 29.8 Å². The summed E-state index contributed by atoms with van der Waals surface area (Å²) in [7, 11) is 0. The Bertz CT molecular complexity index is 1330. The van der Waals surface area contributed by atoms with E-state index in [2.05, 4.69) is 5.32 Å². The van der Waals surface area contributed by atoms with Crippen LogP contribution in [0, 0.1) is 11.8 Å². The Labute approximate surface area is 257 Å². The van der Waals surface area contributed by atoms with E-state index in [1.807, 2.05) is 32.9 Å². The van der Waals surface area contributed by atoms with Gasteiger partial charge in [0.15, 0.2) is 0 Å². The van der Waals surface area contributed by atoms with Gasteiger partial charge in [0.05, 0.1) is 5.56 Å². The van der Waals surface area contributed by atoms with Gasteiger partial charge < -0.3 is 25.3 Å². The number of carbonyl (C=O) groups excluding carboxylic acids is 3. The van der Waals surface area contributed by atoms with Crippen LogP contribution in [-0.2, 0) is 20.9 Å². The Kier molecular flexibility index (Phi) is 12.3. The van der Waals surface area contributed by atoms with Crippen LogP contribution in [0.5, 0.6) is 0 Å². The van der Waals surface area contributed by atoms with Gasteiger partial charge in [0.25, 0.3) is 5.91 Å². The average Bonchev–Trinajstić information content (AvgIpc) is 3.43. The van der Waals surface area contributed by atoms with E-state index in [9.17, 15) is 34.2 Å². The third-order valence-electron chi connectivity index (χ3n) is 7.73. The quantitative estimate of drug-likeness (QED) is 0.0923. The van der Waals surface area contributed by atoms with E-state index in [4.69, 9.17) is 5.21 Å². The topological polar surface area (TPSA) is 177 Å². The lowest BCUT2D eigenvalue weighted by Crippen LogP contribution is -2.49. The standard InChI is InChI=1S/C32H42N4O8/c1-4-5-8-15-35(18-21-11-13-22(14-12-21)24-9-6-7-10-25(24)30(39)40)32(43)36-19-23(17-27(36)31(41)42)33-28(37)26(16-20(2)3)29(38)34-44/h6-7,9-14,20,23,26-27,44H,4-5,8,15-19H2,1-3H3,(H,33,37)(H,34,38)(H,39,40)(H,41,42)/t23-,26?,27-/m0/s1. The molecular weight excluding hydrogens is 568 g/mol. The highest BCUT2D eigenvalue weighted by Crippen LogP contribution is 2.26. The molecule has 12 nitrogen and oxygen atoms in total. The van der Waals surface area contributed by atoms with Crippen LogP contribution in [-0.4, -0.2) is 80.2 Å². The third-order valence-corrected chi connectivity index (χ3v) is 7.73. The molecule has 1 heterocycles. The Morgan fingerprint density at radius 2 is 1.66 bits per heavy atom. The van der Waals surface area contributed by atoms with Gasteiger partial charge >= 0.3 is 18.0 Å². The number of aromatic carboxylic acids is 1. The van der Waals surface area contributed by atoms with Gasteiger partial charge in [-0.25, -0.2) is 19.9 Å². The number of carboxylic acid groups (broad SMARTS) is 2. The number of benzene rings is 2. The number of carboxylic acids is 2. The predicted octanol–water partition coefficient (Wildman–Crippen LogP) is 3.98. The minimum atomic E-state index is -1.20. The van der Waals surface area contributed by atoms with Crippen molar-refractivity contribution in [1.82, 2.24) is 20.6 Å². The van der Waals surface area contributed by atoms with E-state index in [0.717, 1.165) is 18.4 Å². The van der Waals surface area contributed by atoms with Crippen LogP contribution in [0.25, 0.3) is 11.1 Å². The highest BCUT2D eigenvalue weighted by atomic mass is 16.5. The van der Waals surface area contributed by atoms with Crippen molar-refractivity contribution in [3.63, 3.8) is 0 Å². The second-order valence-corrected chi connectivity index (χ2v) is 11.6. The van der Waals surface area contributed by atoms with E-state index in [0.29, 0.717) is 24.1 Å². The SMILES string of the molecule is CCCCCN(Cc1ccc(-c2ccccc2C(=O)O)cc1)C(=O)N1C[C@@H](NC(=O)C(CC(C)C)C(=O)NO)C[C@H]1C(=O)O. The van der Waals surface area contributed by atoms with Gasteiger partial charge in [-0.2, -0.15) is 0 Å². The molecule has 2 aromatic rings. The van der Waals surface area contributed by atoms with Crippen molar-refractivity contribution in [1.29, 1.82) is 0 Å².